The van der Waals surface area contributed by atoms with E-state index in [1.54, 1.807) is 30.3 Å². The summed E-state index contributed by atoms with van der Waals surface area (Å²) in [5.41, 5.74) is 1.40. The van der Waals surface area contributed by atoms with Gasteiger partial charge in [-0.25, -0.2) is 0 Å². The van der Waals surface area contributed by atoms with Crippen molar-refractivity contribution in [1.29, 1.82) is 0 Å². The lowest BCUT2D eigenvalue weighted by Crippen LogP contribution is -2.34. The first-order valence-electron chi connectivity index (χ1n) is 7.66. The number of nitrogens with one attached hydrogen (secondary N) is 1. The quantitative estimate of drug-likeness (QED) is 0.829. The second-order valence-electron chi connectivity index (χ2n) is 5.42. The molecule has 0 fully saturated rings. The van der Waals surface area contributed by atoms with Gasteiger partial charge >= 0.3 is 5.97 Å². The van der Waals surface area contributed by atoms with E-state index in [4.69, 9.17) is 4.74 Å². The van der Waals surface area contributed by atoms with Gasteiger partial charge in [0, 0.05) is 5.56 Å². The minimum Gasteiger partial charge on any atom is -0.456 e. The Morgan fingerprint density at radius 1 is 0.958 bits per heavy atom. The molecule has 0 radical (unpaired) electrons. The number of hydrogen-bond donors (Lipinski definition) is 1. The normalized spacial score (nSPS) is 11.4. The van der Waals surface area contributed by atoms with Crippen LogP contribution in [0.15, 0.2) is 60.7 Å². The number of imide groups is 1. The molecule has 2 amide bonds. The summed E-state index contributed by atoms with van der Waals surface area (Å²) in [7, 11) is 0. The van der Waals surface area contributed by atoms with Crippen molar-refractivity contribution in [2.75, 3.05) is 6.61 Å². The van der Waals surface area contributed by atoms with Crippen LogP contribution in [0, 0.1) is 0 Å². The van der Waals surface area contributed by atoms with Crippen molar-refractivity contribution in [2.45, 2.75) is 19.3 Å². The summed E-state index contributed by atoms with van der Waals surface area (Å²) in [4.78, 5) is 35.3. The van der Waals surface area contributed by atoms with Crippen molar-refractivity contribution in [2.24, 2.45) is 0 Å². The third kappa shape index (κ3) is 5.35. The van der Waals surface area contributed by atoms with Gasteiger partial charge in [-0.3, -0.25) is 19.7 Å². The predicted molar refractivity (Wildman–Crippen MR) is 89.3 cm³/mol. The van der Waals surface area contributed by atoms with Gasteiger partial charge in [-0.1, -0.05) is 55.5 Å². The lowest BCUT2D eigenvalue weighted by Gasteiger charge is -2.11. The molecule has 24 heavy (non-hydrogen) atoms. The van der Waals surface area contributed by atoms with Gasteiger partial charge in [-0.05, 0) is 23.6 Å². The second-order valence-corrected chi connectivity index (χ2v) is 5.42. The van der Waals surface area contributed by atoms with Crippen LogP contribution in [0.3, 0.4) is 0 Å². The predicted octanol–water partition coefficient (Wildman–Crippen LogP) is 2.68. The average molecular weight is 325 g/mol. The van der Waals surface area contributed by atoms with Crippen molar-refractivity contribution < 1.29 is 19.1 Å². The fraction of sp³-hybridized carbons (Fsp3) is 0.211. The number of esters is 1. The van der Waals surface area contributed by atoms with Crippen LogP contribution >= 0.6 is 0 Å². The minimum atomic E-state index is -0.649. The fourth-order valence-electron chi connectivity index (χ4n) is 2.18. The Hall–Kier alpha value is -2.95. The second kappa shape index (κ2) is 8.62. The van der Waals surface area contributed by atoms with Gasteiger partial charge in [-0.2, -0.15) is 0 Å². The first kappa shape index (κ1) is 17.4. The molecule has 1 atom stereocenters. The van der Waals surface area contributed by atoms with Gasteiger partial charge < -0.3 is 4.74 Å². The van der Waals surface area contributed by atoms with E-state index >= 15 is 0 Å². The third-order valence-corrected chi connectivity index (χ3v) is 3.49. The molecule has 0 aliphatic rings. The molecule has 1 N–H and O–H groups in total. The fourth-order valence-corrected chi connectivity index (χ4v) is 2.18. The number of carbonyl (C=O) groups is 3. The zero-order valence-corrected chi connectivity index (χ0v) is 13.4. The lowest BCUT2D eigenvalue weighted by molar-refractivity contribution is -0.148. The van der Waals surface area contributed by atoms with Crippen LogP contribution in [0.25, 0.3) is 0 Å². The maximum Gasteiger partial charge on any atom is 0.306 e. The molecule has 0 spiro atoms. The molecule has 2 aromatic rings. The lowest BCUT2D eigenvalue weighted by atomic mass is 9.98. The highest BCUT2D eigenvalue weighted by Crippen LogP contribution is 2.18. The number of benzene rings is 2. The summed E-state index contributed by atoms with van der Waals surface area (Å²) < 4.78 is 4.93. The van der Waals surface area contributed by atoms with E-state index in [9.17, 15) is 14.4 Å². The Bertz CT molecular complexity index is 698. The van der Waals surface area contributed by atoms with Crippen LogP contribution in [0.1, 0.15) is 35.2 Å². The molecule has 0 heterocycles. The molecule has 0 saturated carbocycles. The monoisotopic (exact) mass is 325 g/mol. The van der Waals surface area contributed by atoms with Crippen LogP contribution in [0.2, 0.25) is 0 Å². The molecular weight excluding hydrogens is 306 g/mol. The van der Waals surface area contributed by atoms with E-state index in [1.165, 1.54) is 0 Å². The highest BCUT2D eigenvalue weighted by atomic mass is 16.5. The van der Waals surface area contributed by atoms with E-state index in [2.05, 4.69) is 5.32 Å². The smallest absolute Gasteiger partial charge is 0.306 e. The summed E-state index contributed by atoms with van der Waals surface area (Å²) in [6.45, 7) is 1.44. The molecule has 2 aromatic carbocycles. The zero-order valence-electron chi connectivity index (χ0n) is 13.4. The maximum atomic E-state index is 11.8. The number of rotatable bonds is 6. The Labute approximate surface area is 140 Å². The summed E-state index contributed by atoms with van der Waals surface area (Å²) >= 11 is 0. The van der Waals surface area contributed by atoms with Gasteiger partial charge in [0.2, 0.25) is 0 Å². The van der Waals surface area contributed by atoms with Crippen LogP contribution < -0.4 is 5.32 Å². The summed E-state index contributed by atoms with van der Waals surface area (Å²) in [5, 5.41) is 2.18. The van der Waals surface area contributed by atoms with Crippen molar-refractivity contribution >= 4 is 17.8 Å². The van der Waals surface area contributed by atoms with Crippen molar-refractivity contribution in [3.8, 4) is 0 Å². The van der Waals surface area contributed by atoms with Crippen LogP contribution in [0.4, 0.5) is 0 Å². The Morgan fingerprint density at radius 2 is 1.54 bits per heavy atom. The van der Waals surface area contributed by atoms with Gasteiger partial charge in [0.05, 0.1) is 6.42 Å². The number of amides is 2. The van der Waals surface area contributed by atoms with E-state index in [0.717, 1.165) is 5.56 Å². The first-order valence-corrected chi connectivity index (χ1v) is 7.66. The molecule has 5 heteroatoms. The zero-order chi connectivity index (χ0) is 17.4. The van der Waals surface area contributed by atoms with E-state index < -0.39 is 24.4 Å². The number of carbonyl (C=O) groups excluding carboxylic acids is 3. The van der Waals surface area contributed by atoms with E-state index in [0.29, 0.717) is 5.56 Å². The maximum absolute atomic E-state index is 11.8. The SMILES string of the molecule is C[C@H](CC(=O)OCC(=O)NC(=O)c1ccccc1)c1ccccc1. The Kier molecular flexibility index (Phi) is 6.25. The summed E-state index contributed by atoms with van der Waals surface area (Å²) in [5.74, 6) is -1.65. The molecule has 5 nitrogen and oxygen atoms in total. The molecular formula is C19H19NO4. The molecule has 0 aliphatic heterocycles. The van der Waals surface area contributed by atoms with Crippen LogP contribution in [-0.2, 0) is 14.3 Å². The molecule has 124 valence electrons. The van der Waals surface area contributed by atoms with Crippen molar-refractivity contribution in [1.82, 2.24) is 5.32 Å². The number of ether oxygens (including phenoxy) is 1. The standard InChI is InChI=1S/C19H19NO4/c1-14(15-8-4-2-5-9-15)12-18(22)24-13-17(21)20-19(23)16-10-6-3-7-11-16/h2-11,14H,12-13H2,1H3,(H,20,21,23)/t14-/m1/s1. The molecule has 0 aromatic heterocycles. The summed E-state index contributed by atoms with van der Waals surface area (Å²) in [6.07, 6.45) is 0.171. The highest BCUT2D eigenvalue weighted by Gasteiger charge is 2.15. The average Bonchev–Trinajstić information content (AvgIpc) is 2.61. The van der Waals surface area contributed by atoms with Gasteiger partial charge in [0.15, 0.2) is 6.61 Å². The van der Waals surface area contributed by atoms with E-state index in [1.807, 2.05) is 37.3 Å². The molecule has 0 aliphatic carbocycles. The van der Waals surface area contributed by atoms with Gasteiger partial charge in [0.25, 0.3) is 11.8 Å². The molecule has 0 saturated heterocycles. The molecule has 0 bridgehead atoms. The molecule has 0 unspecified atom stereocenters. The van der Waals surface area contributed by atoms with Gasteiger partial charge in [-0.15, -0.1) is 0 Å². The Morgan fingerprint density at radius 3 is 2.17 bits per heavy atom. The van der Waals surface area contributed by atoms with Crippen molar-refractivity contribution in [3.63, 3.8) is 0 Å². The van der Waals surface area contributed by atoms with Crippen molar-refractivity contribution in [3.05, 3.63) is 71.8 Å². The topological polar surface area (TPSA) is 72.5 Å². The third-order valence-electron chi connectivity index (χ3n) is 3.49. The van der Waals surface area contributed by atoms with Crippen LogP contribution in [0.5, 0.6) is 0 Å². The van der Waals surface area contributed by atoms with Gasteiger partial charge in [0.1, 0.15) is 0 Å². The largest absolute Gasteiger partial charge is 0.456 e. The van der Waals surface area contributed by atoms with E-state index in [-0.39, 0.29) is 12.3 Å². The minimum absolute atomic E-state index is 0.00675. The number of hydrogen-bond acceptors (Lipinski definition) is 4. The first-order chi connectivity index (χ1) is 11.6. The summed E-state index contributed by atoms with van der Waals surface area (Å²) in [6, 6.07) is 17.9. The highest BCUT2D eigenvalue weighted by molar-refractivity contribution is 6.05. The Balaban J connectivity index is 1.75. The molecule has 2 rings (SSSR count). The van der Waals surface area contributed by atoms with Crippen LogP contribution in [-0.4, -0.2) is 24.4 Å².